The van der Waals surface area contributed by atoms with E-state index >= 15 is 0 Å². The van der Waals surface area contributed by atoms with Gasteiger partial charge in [0, 0.05) is 23.4 Å². The van der Waals surface area contributed by atoms with Crippen molar-refractivity contribution in [2.45, 2.75) is 20.1 Å². The van der Waals surface area contributed by atoms with Gasteiger partial charge >= 0.3 is 0 Å². The Morgan fingerprint density at radius 3 is 3.06 bits per heavy atom. The molecule has 0 bridgehead atoms. The zero-order valence-corrected chi connectivity index (χ0v) is 11.6. The van der Waals surface area contributed by atoms with E-state index in [1.54, 1.807) is 18.3 Å². The van der Waals surface area contributed by atoms with Crippen molar-refractivity contribution < 1.29 is 9.53 Å². The molecule has 5 heteroatoms. The van der Waals surface area contributed by atoms with Gasteiger partial charge in [-0.3, -0.25) is 4.79 Å². The molecule has 1 aromatic carbocycles. The van der Waals surface area contributed by atoms with E-state index < -0.39 is 0 Å². The summed E-state index contributed by atoms with van der Waals surface area (Å²) in [6.45, 7) is 3.24. The van der Waals surface area contributed by atoms with Crippen LogP contribution < -0.4 is 4.74 Å². The highest BCUT2D eigenvalue weighted by atomic mass is 79.9. The molecule has 0 aliphatic rings. The Bertz CT molecular complexity index is 552. The molecule has 1 heterocycles. The van der Waals surface area contributed by atoms with Crippen molar-refractivity contribution in [2.24, 2.45) is 0 Å². The largest absolute Gasteiger partial charge is 0.485 e. The van der Waals surface area contributed by atoms with E-state index in [1.165, 1.54) is 0 Å². The number of hydrogen-bond donors (Lipinski definition) is 0. The lowest BCUT2D eigenvalue weighted by Gasteiger charge is -2.09. The number of aryl methyl sites for hydroxylation is 1. The van der Waals surface area contributed by atoms with Crippen LogP contribution in [0.1, 0.15) is 23.1 Å². The third-order valence-corrected chi connectivity index (χ3v) is 3.09. The summed E-state index contributed by atoms with van der Waals surface area (Å²) in [7, 11) is 0. The Kier molecular flexibility index (Phi) is 4.15. The number of halogens is 1. The minimum absolute atomic E-state index is 0.351. The van der Waals surface area contributed by atoms with Gasteiger partial charge in [0.25, 0.3) is 0 Å². The summed E-state index contributed by atoms with van der Waals surface area (Å²) in [6.07, 6.45) is 4.43. The lowest BCUT2D eigenvalue weighted by atomic mass is 10.2. The van der Waals surface area contributed by atoms with Gasteiger partial charge in [-0.1, -0.05) is 15.9 Å². The van der Waals surface area contributed by atoms with E-state index in [1.807, 2.05) is 23.8 Å². The van der Waals surface area contributed by atoms with Gasteiger partial charge < -0.3 is 9.30 Å². The molecule has 0 amide bonds. The van der Waals surface area contributed by atoms with Gasteiger partial charge in [0.1, 0.15) is 18.2 Å². The molecule has 0 aliphatic heterocycles. The third-order valence-electron chi connectivity index (χ3n) is 2.60. The highest BCUT2D eigenvalue weighted by molar-refractivity contribution is 9.10. The van der Waals surface area contributed by atoms with Crippen molar-refractivity contribution in [3.05, 3.63) is 46.5 Å². The fourth-order valence-electron chi connectivity index (χ4n) is 1.65. The predicted molar refractivity (Wildman–Crippen MR) is 71.8 cm³/mol. The zero-order chi connectivity index (χ0) is 13.0. The molecule has 4 nitrogen and oxygen atoms in total. The number of ether oxygens (including phenoxy) is 1. The maximum Gasteiger partial charge on any atom is 0.153 e. The Morgan fingerprint density at radius 2 is 2.33 bits per heavy atom. The molecule has 1 aromatic heterocycles. The second-order valence-corrected chi connectivity index (χ2v) is 4.63. The van der Waals surface area contributed by atoms with Crippen molar-refractivity contribution >= 4 is 22.2 Å². The first kappa shape index (κ1) is 12.8. The molecule has 0 aliphatic carbocycles. The van der Waals surface area contributed by atoms with Crippen LogP contribution in [0.25, 0.3) is 0 Å². The number of rotatable bonds is 5. The van der Waals surface area contributed by atoms with Gasteiger partial charge in [-0.05, 0) is 25.1 Å². The number of aldehydes is 1. The van der Waals surface area contributed by atoms with Crippen molar-refractivity contribution in [1.29, 1.82) is 0 Å². The van der Waals surface area contributed by atoms with Crippen molar-refractivity contribution in [3.63, 3.8) is 0 Å². The van der Waals surface area contributed by atoms with Crippen LogP contribution in [0.5, 0.6) is 5.75 Å². The molecule has 18 heavy (non-hydrogen) atoms. The monoisotopic (exact) mass is 308 g/mol. The molecule has 0 atom stereocenters. The van der Waals surface area contributed by atoms with Crippen molar-refractivity contribution in [3.8, 4) is 5.75 Å². The number of hydrogen-bond acceptors (Lipinski definition) is 3. The Labute approximate surface area is 114 Å². The summed E-state index contributed by atoms with van der Waals surface area (Å²) in [5.41, 5.74) is 0.527. The van der Waals surface area contributed by atoms with Gasteiger partial charge in [0.15, 0.2) is 6.29 Å². The van der Waals surface area contributed by atoms with E-state index in [0.29, 0.717) is 17.9 Å². The van der Waals surface area contributed by atoms with E-state index in [0.717, 1.165) is 23.1 Å². The topological polar surface area (TPSA) is 44.1 Å². The number of imidazole rings is 1. The van der Waals surface area contributed by atoms with Crippen molar-refractivity contribution in [2.75, 3.05) is 0 Å². The minimum Gasteiger partial charge on any atom is -0.485 e. The lowest BCUT2D eigenvalue weighted by molar-refractivity contribution is 0.111. The van der Waals surface area contributed by atoms with Gasteiger partial charge in [0.2, 0.25) is 0 Å². The number of aromatic nitrogens is 2. The lowest BCUT2D eigenvalue weighted by Crippen LogP contribution is -2.06. The molecular formula is C13H13BrN2O2. The minimum atomic E-state index is 0.351. The molecule has 2 rings (SSSR count). The first-order valence-electron chi connectivity index (χ1n) is 5.62. The summed E-state index contributed by atoms with van der Waals surface area (Å²) in [5, 5.41) is 0. The smallest absolute Gasteiger partial charge is 0.153 e. The average Bonchev–Trinajstić information content (AvgIpc) is 2.84. The van der Waals surface area contributed by atoms with Crippen molar-refractivity contribution in [1.82, 2.24) is 9.55 Å². The van der Waals surface area contributed by atoms with Crippen LogP contribution in [0, 0.1) is 0 Å². The Balaban J connectivity index is 2.13. The molecule has 0 N–H and O–H groups in total. The number of carbonyl (C=O) groups excluding carboxylic acids is 1. The van der Waals surface area contributed by atoms with E-state index in [2.05, 4.69) is 20.9 Å². The third kappa shape index (κ3) is 2.79. The quantitative estimate of drug-likeness (QED) is 0.797. The number of benzene rings is 1. The first-order valence-corrected chi connectivity index (χ1v) is 6.41. The fourth-order valence-corrected chi connectivity index (χ4v) is 2.03. The Hall–Kier alpha value is -1.62. The van der Waals surface area contributed by atoms with Gasteiger partial charge in [-0.15, -0.1) is 0 Å². The van der Waals surface area contributed by atoms with Gasteiger partial charge in [-0.2, -0.15) is 0 Å². The molecular weight excluding hydrogens is 296 g/mol. The zero-order valence-electron chi connectivity index (χ0n) is 9.97. The maximum absolute atomic E-state index is 10.9. The van der Waals surface area contributed by atoms with Crippen LogP contribution >= 0.6 is 15.9 Å². The molecule has 0 spiro atoms. The van der Waals surface area contributed by atoms with Crippen LogP contribution in [-0.4, -0.2) is 15.8 Å². The molecule has 0 fully saturated rings. The van der Waals surface area contributed by atoms with Crippen LogP contribution in [0.3, 0.4) is 0 Å². The summed E-state index contributed by atoms with van der Waals surface area (Å²) in [6, 6.07) is 5.34. The highest BCUT2D eigenvalue weighted by Gasteiger charge is 2.06. The fraction of sp³-hybridized carbons (Fsp3) is 0.231. The Morgan fingerprint density at radius 1 is 1.50 bits per heavy atom. The van der Waals surface area contributed by atoms with Gasteiger partial charge in [-0.25, -0.2) is 4.98 Å². The summed E-state index contributed by atoms with van der Waals surface area (Å²) in [4.78, 5) is 15.2. The van der Waals surface area contributed by atoms with Crippen LogP contribution in [-0.2, 0) is 13.2 Å². The molecule has 0 saturated heterocycles. The predicted octanol–water partition coefficient (Wildman–Crippen LogP) is 3.06. The maximum atomic E-state index is 10.9. The summed E-state index contributed by atoms with van der Waals surface area (Å²) in [5.74, 6) is 1.41. The van der Waals surface area contributed by atoms with Gasteiger partial charge in [0.05, 0.1) is 5.56 Å². The van der Waals surface area contributed by atoms with Crippen LogP contribution in [0.4, 0.5) is 0 Å². The second-order valence-electron chi connectivity index (χ2n) is 3.72. The molecule has 0 saturated carbocycles. The standard InChI is InChI=1S/C13H13BrN2O2/c1-2-16-6-5-15-13(16)9-18-12-4-3-11(14)7-10(12)8-17/h3-8H,2,9H2,1H3. The van der Waals surface area contributed by atoms with E-state index in [4.69, 9.17) is 4.74 Å². The highest BCUT2D eigenvalue weighted by Crippen LogP contribution is 2.22. The van der Waals surface area contributed by atoms with E-state index in [-0.39, 0.29) is 0 Å². The molecule has 94 valence electrons. The van der Waals surface area contributed by atoms with Crippen LogP contribution in [0.2, 0.25) is 0 Å². The van der Waals surface area contributed by atoms with E-state index in [9.17, 15) is 4.79 Å². The molecule has 0 radical (unpaired) electrons. The van der Waals surface area contributed by atoms with Crippen LogP contribution in [0.15, 0.2) is 35.1 Å². The molecule has 2 aromatic rings. The molecule has 0 unspecified atom stereocenters. The number of carbonyl (C=O) groups is 1. The normalized spacial score (nSPS) is 10.3. The number of nitrogens with zero attached hydrogens (tertiary/aromatic N) is 2. The summed E-state index contributed by atoms with van der Waals surface area (Å²) < 4.78 is 8.49. The first-order chi connectivity index (χ1) is 8.74. The average molecular weight is 309 g/mol. The second kappa shape index (κ2) is 5.82. The SMILES string of the molecule is CCn1ccnc1COc1ccc(Br)cc1C=O. The summed E-state index contributed by atoms with van der Waals surface area (Å²) >= 11 is 3.32.